The predicted molar refractivity (Wildman–Crippen MR) is 65.7 cm³/mol. The number of halogens is 3. The van der Waals surface area contributed by atoms with Crippen LogP contribution in [0.15, 0.2) is 12.3 Å². The monoisotopic (exact) mass is 275 g/mol. The summed E-state index contributed by atoms with van der Waals surface area (Å²) < 4.78 is 42.8. The van der Waals surface area contributed by atoms with Crippen LogP contribution in [-0.4, -0.2) is 24.7 Å². The Balaban J connectivity index is 1.94. The molecule has 0 spiro atoms. The zero-order chi connectivity index (χ0) is 13.9. The second-order valence-corrected chi connectivity index (χ2v) is 4.60. The Labute approximate surface area is 109 Å². The summed E-state index contributed by atoms with van der Waals surface area (Å²) in [6, 6.07) is 0.945. The maximum atomic E-state index is 12.5. The number of anilines is 2. The van der Waals surface area contributed by atoms with Gasteiger partial charge in [0.25, 0.3) is 0 Å². The molecule has 0 amide bonds. The van der Waals surface area contributed by atoms with Crippen molar-refractivity contribution in [3.05, 3.63) is 18.0 Å². The van der Waals surface area contributed by atoms with Crippen molar-refractivity contribution < 1.29 is 17.9 Å². The van der Waals surface area contributed by atoms with E-state index in [4.69, 9.17) is 10.5 Å². The molecular weight excluding hydrogens is 259 g/mol. The highest BCUT2D eigenvalue weighted by Crippen LogP contribution is 2.31. The van der Waals surface area contributed by atoms with E-state index in [2.05, 4.69) is 10.3 Å². The van der Waals surface area contributed by atoms with Gasteiger partial charge in [0.1, 0.15) is 5.69 Å². The molecule has 1 aromatic rings. The zero-order valence-corrected chi connectivity index (χ0v) is 10.3. The molecule has 0 aliphatic carbocycles. The molecule has 3 N–H and O–H groups in total. The van der Waals surface area contributed by atoms with Crippen LogP contribution in [0.2, 0.25) is 0 Å². The van der Waals surface area contributed by atoms with Crippen LogP contribution in [0.5, 0.6) is 0 Å². The first kappa shape index (κ1) is 13.9. The van der Waals surface area contributed by atoms with Gasteiger partial charge in [0.2, 0.25) is 0 Å². The van der Waals surface area contributed by atoms with Gasteiger partial charge in [0.15, 0.2) is 0 Å². The quantitative estimate of drug-likeness (QED) is 0.886. The van der Waals surface area contributed by atoms with E-state index >= 15 is 0 Å². The van der Waals surface area contributed by atoms with Crippen molar-refractivity contribution >= 4 is 11.4 Å². The summed E-state index contributed by atoms with van der Waals surface area (Å²) in [7, 11) is 0. The molecule has 19 heavy (non-hydrogen) atoms. The number of nitrogens with two attached hydrogens (primary N) is 1. The summed E-state index contributed by atoms with van der Waals surface area (Å²) in [5, 5.41) is 2.93. The first-order valence-corrected chi connectivity index (χ1v) is 6.11. The molecule has 1 atom stereocenters. The lowest BCUT2D eigenvalue weighted by atomic mass is 10.1. The lowest BCUT2D eigenvalue weighted by Gasteiger charge is -2.13. The van der Waals surface area contributed by atoms with Crippen LogP contribution in [0.4, 0.5) is 24.5 Å². The molecular formula is C12H16F3N3O. The number of ether oxygens (including phenoxy) is 1. The SMILES string of the molecule is Nc1cnc(C(F)(F)F)cc1NCCC1CCOC1. The third-order valence-electron chi connectivity index (χ3n) is 3.12. The first-order chi connectivity index (χ1) is 8.97. The van der Waals surface area contributed by atoms with Crippen molar-refractivity contribution in [3.8, 4) is 0 Å². The number of alkyl halides is 3. The van der Waals surface area contributed by atoms with E-state index in [1.165, 1.54) is 0 Å². The summed E-state index contributed by atoms with van der Waals surface area (Å²) in [4.78, 5) is 3.29. The molecule has 2 heterocycles. The van der Waals surface area contributed by atoms with Gasteiger partial charge in [-0.1, -0.05) is 0 Å². The molecule has 1 saturated heterocycles. The highest BCUT2D eigenvalue weighted by Gasteiger charge is 2.32. The Kier molecular flexibility index (Phi) is 4.14. The van der Waals surface area contributed by atoms with Crippen molar-refractivity contribution in [1.82, 2.24) is 4.98 Å². The summed E-state index contributed by atoms with van der Waals surface area (Å²) in [6.07, 6.45) is -1.57. The van der Waals surface area contributed by atoms with E-state index in [9.17, 15) is 13.2 Å². The standard InChI is InChI=1S/C12H16F3N3O/c13-12(14,15)11-5-10(9(16)6-18-11)17-3-1-8-2-4-19-7-8/h5-6,8H,1-4,7,16H2,(H,17,18). The molecule has 1 fully saturated rings. The minimum atomic E-state index is -4.45. The van der Waals surface area contributed by atoms with Gasteiger partial charge in [-0.05, 0) is 24.8 Å². The van der Waals surface area contributed by atoms with Crippen molar-refractivity contribution in [2.75, 3.05) is 30.8 Å². The fourth-order valence-electron chi connectivity index (χ4n) is 2.00. The molecule has 1 aromatic heterocycles. The van der Waals surface area contributed by atoms with E-state index in [0.29, 0.717) is 12.5 Å². The van der Waals surface area contributed by atoms with Gasteiger partial charge in [-0.3, -0.25) is 0 Å². The molecule has 0 bridgehead atoms. The lowest BCUT2D eigenvalue weighted by Crippen LogP contribution is -2.13. The second-order valence-electron chi connectivity index (χ2n) is 4.60. The van der Waals surface area contributed by atoms with Gasteiger partial charge in [-0.15, -0.1) is 0 Å². The predicted octanol–water partition coefficient (Wildman–Crippen LogP) is 2.52. The van der Waals surface area contributed by atoms with Crippen molar-refractivity contribution in [2.45, 2.75) is 19.0 Å². The van der Waals surface area contributed by atoms with Crippen molar-refractivity contribution in [1.29, 1.82) is 0 Å². The van der Waals surface area contributed by atoms with Crippen LogP contribution in [0.3, 0.4) is 0 Å². The van der Waals surface area contributed by atoms with E-state index < -0.39 is 11.9 Å². The minimum absolute atomic E-state index is 0.218. The number of aromatic nitrogens is 1. The molecule has 7 heteroatoms. The summed E-state index contributed by atoms with van der Waals surface area (Å²) >= 11 is 0. The Morgan fingerprint density at radius 2 is 2.26 bits per heavy atom. The van der Waals surface area contributed by atoms with E-state index in [0.717, 1.165) is 38.3 Å². The summed E-state index contributed by atoms with van der Waals surface area (Å²) in [5.41, 5.74) is 5.17. The third-order valence-corrected chi connectivity index (χ3v) is 3.12. The number of nitrogen functional groups attached to an aromatic ring is 1. The van der Waals surface area contributed by atoms with Gasteiger partial charge in [-0.2, -0.15) is 13.2 Å². The molecule has 4 nitrogen and oxygen atoms in total. The van der Waals surface area contributed by atoms with Crippen LogP contribution in [0, 0.1) is 5.92 Å². The zero-order valence-electron chi connectivity index (χ0n) is 10.3. The molecule has 0 radical (unpaired) electrons. The average Bonchev–Trinajstić information content (AvgIpc) is 2.83. The lowest BCUT2D eigenvalue weighted by molar-refractivity contribution is -0.141. The topological polar surface area (TPSA) is 60.2 Å². The van der Waals surface area contributed by atoms with Gasteiger partial charge >= 0.3 is 6.18 Å². The highest BCUT2D eigenvalue weighted by atomic mass is 19.4. The van der Waals surface area contributed by atoms with E-state index in [1.807, 2.05) is 0 Å². The Morgan fingerprint density at radius 1 is 1.47 bits per heavy atom. The van der Waals surface area contributed by atoms with Crippen molar-refractivity contribution in [2.24, 2.45) is 5.92 Å². The fourth-order valence-corrected chi connectivity index (χ4v) is 2.00. The Hall–Kier alpha value is -1.50. The molecule has 0 aromatic carbocycles. The first-order valence-electron chi connectivity index (χ1n) is 6.11. The Bertz CT molecular complexity index is 431. The normalized spacial score (nSPS) is 19.6. The number of nitrogens with zero attached hydrogens (tertiary/aromatic N) is 1. The maximum Gasteiger partial charge on any atom is 0.433 e. The van der Waals surface area contributed by atoms with Crippen molar-refractivity contribution in [3.63, 3.8) is 0 Å². The smallest absolute Gasteiger partial charge is 0.396 e. The molecule has 2 rings (SSSR count). The largest absolute Gasteiger partial charge is 0.433 e. The molecule has 0 saturated carbocycles. The number of nitrogens with one attached hydrogen (secondary N) is 1. The molecule has 106 valence electrons. The molecule has 1 aliphatic rings. The van der Waals surface area contributed by atoms with Crippen LogP contribution in [0.1, 0.15) is 18.5 Å². The van der Waals surface area contributed by atoms with Gasteiger partial charge in [0.05, 0.1) is 17.6 Å². The molecule has 1 aliphatic heterocycles. The van der Waals surface area contributed by atoms with Crippen LogP contribution < -0.4 is 11.1 Å². The van der Waals surface area contributed by atoms with Crippen LogP contribution in [0.25, 0.3) is 0 Å². The number of hydrogen-bond donors (Lipinski definition) is 2. The minimum Gasteiger partial charge on any atom is -0.396 e. The summed E-state index contributed by atoms with van der Waals surface area (Å²) in [6.45, 7) is 2.06. The summed E-state index contributed by atoms with van der Waals surface area (Å²) in [5.74, 6) is 0.470. The Morgan fingerprint density at radius 3 is 2.89 bits per heavy atom. The molecule has 1 unspecified atom stereocenters. The van der Waals surface area contributed by atoms with Gasteiger partial charge < -0.3 is 15.8 Å². The van der Waals surface area contributed by atoms with Crippen LogP contribution in [-0.2, 0) is 10.9 Å². The number of pyridine rings is 1. The van der Waals surface area contributed by atoms with Crippen LogP contribution >= 0.6 is 0 Å². The van der Waals surface area contributed by atoms with E-state index in [1.54, 1.807) is 0 Å². The fraction of sp³-hybridized carbons (Fsp3) is 0.583. The average molecular weight is 275 g/mol. The van der Waals surface area contributed by atoms with E-state index in [-0.39, 0.29) is 11.4 Å². The number of hydrogen-bond acceptors (Lipinski definition) is 4. The maximum absolute atomic E-state index is 12.5. The van der Waals surface area contributed by atoms with Gasteiger partial charge in [-0.25, -0.2) is 4.98 Å². The highest BCUT2D eigenvalue weighted by molar-refractivity contribution is 5.65. The second kappa shape index (κ2) is 5.64. The van der Waals surface area contributed by atoms with Gasteiger partial charge in [0, 0.05) is 19.8 Å². The number of rotatable bonds is 4. The third kappa shape index (κ3) is 3.73.